The van der Waals surface area contributed by atoms with Gasteiger partial charge >= 0.3 is 29.3 Å². The topological polar surface area (TPSA) is 296 Å². The summed E-state index contributed by atoms with van der Waals surface area (Å²) >= 11 is 0.943. The minimum atomic E-state index is -2.78. The van der Waals surface area contributed by atoms with Crippen LogP contribution in [0.25, 0.3) is 5.52 Å². The molecule has 50 heavy (non-hydrogen) atoms. The van der Waals surface area contributed by atoms with Gasteiger partial charge in [0.2, 0.25) is 5.60 Å². The molecule has 4 aliphatic rings. The van der Waals surface area contributed by atoms with E-state index in [1.807, 2.05) is 0 Å². The Morgan fingerprint density at radius 3 is 2.42 bits per heavy atom. The van der Waals surface area contributed by atoms with Crippen LogP contribution in [0.1, 0.15) is 43.8 Å². The number of hydrogen-bond donors (Lipinski definition) is 6. The Kier molecular flexibility index (Phi) is 7.67. The average Bonchev–Trinajstić information content (AvgIpc) is 3.88. The number of aromatic hydroxyl groups is 2. The fraction of sp³-hybridized carbons (Fsp3) is 0.429. The van der Waals surface area contributed by atoms with E-state index in [-0.39, 0.29) is 46.5 Å². The van der Waals surface area contributed by atoms with Gasteiger partial charge in [-0.3, -0.25) is 23.4 Å². The number of aliphatic carboxylic acids is 2. The van der Waals surface area contributed by atoms with Crippen LogP contribution >= 0.6 is 11.3 Å². The van der Waals surface area contributed by atoms with Crippen molar-refractivity contribution in [3.05, 3.63) is 40.0 Å². The van der Waals surface area contributed by atoms with E-state index >= 15 is 0 Å². The number of carboxylic acid groups (broad SMARTS) is 2. The highest BCUT2D eigenvalue weighted by atomic mass is 32.1. The number of imidazole rings is 1. The predicted octanol–water partition coefficient (Wildman–Crippen LogP) is -1.34. The average molecular weight is 718 g/mol. The third-order valence-corrected chi connectivity index (χ3v) is 9.62. The number of cyclic esters (lactones) is 1. The highest BCUT2D eigenvalue weighted by molar-refractivity contribution is 7.13. The van der Waals surface area contributed by atoms with Gasteiger partial charge in [0.15, 0.2) is 22.3 Å². The lowest BCUT2D eigenvalue weighted by Crippen LogP contribution is -2.57. The summed E-state index contributed by atoms with van der Waals surface area (Å²) in [7, 11) is 0. The molecule has 4 saturated heterocycles. The Morgan fingerprint density at radius 2 is 1.78 bits per heavy atom. The number of amides is 2. The van der Waals surface area contributed by atoms with Crippen molar-refractivity contribution in [2.75, 3.05) is 12.3 Å². The smallest absolute Gasteiger partial charge is 0.372 e. The van der Waals surface area contributed by atoms with Crippen LogP contribution in [0, 0.1) is 0 Å². The molecule has 22 heteroatoms. The Labute approximate surface area is 281 Å². The van der Waals surface area contributed by atoms with Gasteiger partial charge < -0.3 is 45.8 Å². The van der Waals surface area contributed by atoms with E-state index < -0.39 is 89.1 Å². The van der Waals surface area contributed by atoms with E-state index in [4.69, 9.17) is 24.9 Å². The molecule has 5 atom stereocenters. The Morgan fingerprint density at radius 1 is 1.06 bits per heavy atom. The number of pyridine rings is 1. The summed E-state index contributed by atoms with van der Waals surface area (Å²) in [5.41, 5.74) is -0.347. The van der Waals surface area contributed by atoms with E-state index in [1.165, 1.54) is 5.38 Å². The molecule has 0 spiro atoms. The molecule has 4 aliphatic heterocycles. The lowest BCUT2D eigenvalue weighted by molar-refractivity contribution is -0.256. The number of fused-ring (bicyclic) bond motifs is 3. The second-order valence-electron chi connectivity index (χ2n) is 12.1. The number of rotatable bonds is 9. The summed E-state index contributed by atoms with van der Waals surface area (Å²) in [6.45, 7) is -0.635. The normalized spacial score (nSPS) is 29.4. The highest BCUT2D eigenvalue weighted by Crippen LogP contribution is 2.42. The van der Waals surface area contributed by atoms with Crippen molar-refractivity contribution in [3.63, 3.8) is 0 Å². The number of anilines is 1. The fourth-order valence-electron chi connectivity index (χ4n) is 6.49. The Hall–Kier alpha value is -5.74. The first-order valence-corrected chi connectivity index (χ1v) is 15.8. The molecule has 2 bridgehead atoms. The van der Waals surface area contributed by atoms with Crippen LogP contribution in [0.5, 0.6) is 11.5 Å². The maximum absolute atomic E-state index is 13.6. The van der Waals surface area contributed by atoms with Gasteiger partial charge in [-0.2, -0.15) is 5.06 Å². The summed E-state index contributed by atoms with van der Waals surface area (Å²) in [6.07, 6.45) is 1.63. The zero-order valence-corrected chi connectivity index (χ0v) is 26.3. The molecule has 2 amide bonds. The van der Waals surface area contributed by atoms with Gasteiger partial charge in [0.25, 0.3) is 11.8 Å². The third kappa shape index (κ3) is 5.23. The van der Waals surface area contributed by atoms with Crippen LogP contribution in [-0.2, 0) is 43.1 Å². The molecular formula is C28H27N7O14S. The van der Waals surface area contributed by atoms with Crippen molar-refractivity contribution < 1.29 is 63.5 Å². The van der Waals surface area contributed by atoms with Crippen LogP contribution in [0.3, 0.4) is 0 Å². The maximum atomic E-state index is 13.6. The van der Waals surface area contributed by atoms with Gasteiger partial charge in [-0.1, -0.05) is 5.16 Å². The third-order valence-electron chi connectivity index (χ3n) is 8.95. The summed E-state index contributed by atoms with van der Waals surface area (Å²) < 4.78 is 12.6. The largest absolute Gasteiger partial charge is 0.504 e. The predicted molar refractivity (Wildman–Crippen MR) is 161 cm³/mol. The first-order chi connectivity index (χ1) is 23.7. The second kappa shape index (κ2) is 11.7. The number of thiazole rings is 1. The number of hydroxylamine groups is 2. The van der Waals surface area contributed by atoms with Gasteiger partial charge in [0, 0.05) is 30.5 Å². The van der Waals surface area contributed by atoms with Crippen molar-refractivity contribution in [2.45, 2.75) is 67.7 Å². The van der Waals surface area contributed by atoms with E-state index in [0.717, 1.165) is 38.8 Å². The second-order valence-corrected chi connectivity index (χ2v) is 13.0. The summed E-state index contributed by atoms with van der Waals surface area (Å²) in [4.78, 5) is 93.1. The van der Waals surface area contributed by atoms with Crippen molar-refractivity contribution in [1.29, 1.82) is 0 Å². The standard InChI is InChI=1S/C28H27N7O14S/c29-25-31-15(10-50-25)19(32-49-27(23(41)42)4-12-1-2-13(5-27)47-12)20(38)30-14-9-46-35(21(14)39)28(24(43)44)6-16(22(40)48-28)34-7-11-3-17(36)18(37)8-33(11)26(34)45/h3,7-8,10,12-14,16,36-37H,1-2,4-6,9H2,(H2,29,31)(H,30,38)(H,41,42)(H,43,44)/b32-19-/t12?,13?,14-,16?,27?,28?/m0/s1. The lowest BCUT2D eigenvalue weighted by Gasteiger charge is -2.34. The summed E-state index contributed by atoms with van der Waals surface area (Å²) in [6, 6.07) is -2.13. The van der Waals surface area contributed by atoms with Gasteiger partial charge in [0.05, 0.1) is 30.3 Å². The molecule has 0 aliphatic carbocycles. The number of nitrogens with two attached hydrogens (primary N) is 1. The number of carbonyl (C=O) groups is 5. The molecule has 3 aromatic heterocycles. The number of oxime groups is 1. The van der Waals surface area contributed by atoms with Crippen molar-refractivity contribution >= 4 is 57.4 Å². The monoisotopic (exact) mass is 717 g/mol. The molecule has 7 rings (SSSR count). The van der Waals surface area contributed by atoms with E-state index in [9.17, 15) is 49.2 Å². The number of esters is 1. The van der Waals surface area contributed by atoms with Crippen LogP contribution in [0.2, 0.25) is 0 Å². The Bertz CT molecular complexity index is 2040. The van der Waals surface area contributed by atoms with E-state index in [1.54, 1.807) is 0 Å². The molecule has 264 valence electrons. The summed E-state index contributed by atoms with van der Waals surface area (Å²) in [5, 5.41) is 47.8. The van der Waals surface area contributed by atoms with E-state index in [2.05, 4.69) is 15.5 Å². The Balaban J connectivity index is 1.12. The minimum Gasteiger partial charge on any atom is -0.504 e. The maximum Gasteiger partial charge on any atom is 0.372 e. The molecular weight excluding hydrogens is 690 g/mol. The van der Waals surface area contributed by atoms with Gasteiger partial charge in [-0.25, -0.2) is 24.2 Å². The molecule has 7 N–H and O–H groups in total. The van der Waals surface area contributed by atoms with Gasteiger partial charge in [-0.05, 0) is 12.8 Å². The number of hydrogen-bond acceptors (Lipinski definition) is 16. The molecule has 0 aromatic carbocycles. The zero-order chi connectivity index (χ0) is 35.7. The van der Waals surface area contributed by atoms with Crippen LogP contribution in [0.4, 0.5) is 5.13 Å². The number of nitrogens with zero attached hydrogens (tertiary/aromatic N) is 5. The quantitative estimate of drug-likeness (QED) is 0.0848. The first kappa shape index (κ1) is 32.8. The number of carbonyl (C=O) groups excluding carboxylic acids is 3. The number of carboxylic acids is 2. The number of nitrogens with one attached hydrogen (secondary N) is 1. The number of ether oxygens (including phenoxy) is 2. The molecule has 7 heterocycles. The molecule has 4 fully saturated rings. The first-order valence-electron chi connectivity index (χ1n) is 15.0. The van der Waals surface area contributed by atoms with Crippen molar-refractivity contribution in [3.8, 4) is 11.5 Å². The zero-order valence-electron chi connectivity index (χ0n) is 25.5. The van der Waals surface area contributed by atoms with E-state index in [0.29, 0.717) is 12.8 Å². The molecule has 0 radical (unpaired) electrons. The number of nitrogen functional groups attached to an aromatic ring is 1. The molecule has 0 saturated carbocycles. The van der Waals surface area contributed by atoms with Crippen LogP contribution in [0.15, 0.2) is 33.8 Å². The molecule has 3 aromatic rings. The van der Waals surface area contributed by atoms with Gasteiger partial charge in [0.1, 0.15) is 24.4 Å². The van der Waals surface area contributed by atoms with Gasteiger partial charge in [-0.15, -0.1) is 11.3 Å². The molecule has 4 unspecified atom stereocenters. The minimum absolute atomic E-state index is 0.0339. The van der Waals surface area contributed by atoms with Crippen molar-refractivity contribution in [1.82, 2.24) is 24.3 Å². The summed E-state index contributed by atoms with van der Waals surface area (Å²) in [5.74, 6) is -7.80. The lowest BCUT2D eigenvalue weighted by atomic mass is 9.90. The van der Waals surface area contributed by atoms with Crippen LogP contribution in [-0.4, -0.2) is 111 Å². The molecule has 21 nitrogen and oxygen atoms in total. The fourth-order valence-corrected chi connectivity index (χ4v) is 7.04. The van der Waals surface area contributed by atoms with Crippen LogP contribution < -0.4 is 16.7 Å². The SMILES string of the molecule is Nc1nc(/C(=N/OC2(C(=O)O)CC3CCC(C2)O3)C(=O)N[C@H]2CON(C3(C(=O)O)CC(n4cc5cc(O)c(O)cn5c4=O)C(=O)O3)C2=O)cs1. The van der Waals surface area contributed by atoms with Crippen molar-refractivity contribution in [2.24, 2.45) is 5.16 Å². The highest BCUT2D eigenvalue weighted by Gasteiger charge is 2.63. The number of aromatic nitrogens is 3.